The Hall–Kier alpha value is -2.14. The van der Waals surface area contributed by atoms with Crippen molar-refractivity contribution in [2.75, 3.05) is 18.9 Å². The van der Waals surface area contributed by atoms with Crippen molar-refractivity contribution < 1.29 is 9.59 Å². The van der Waals surface area contributed by atoms with E-state index in [0.29, 0.717) is 4.88 Å². The topological polar surface area (TPSA) is 49.4 Å². The van der Waals surface area contributed by atoms with Crippen LogP contribution in [0.3, 0.4) is 0 Å². The van der Waals surface area contributed by atoms with Crippen LogP contribution in [-0.4, -0.2) is 30.3 Å². The molecule has 0 saturated heterocycles. The number of rotatable bonds is 7. The lowest BCUT2D eigenvalue weighted by atomic mass is 10.1. The maximum Gasteiger partial charge on any atom is 0.264 e. The zero-order valence-corrected chi connectivity index (χ0v) is 18.0. The SMILES string of the molecule is CCCc1sc(C(=O)N(C)CC(=O)Nc2c(C)cc(C)cc2C)cc1CC. The van der Waals surface area contributed by atoms with Crippen LogP contribution in [0, 0.1) is 20.8 Å². The largest absolute Gasteiger partial charge is 0.332 e. The van der Waals surface area contributed by atoms with Crippen molar-refractivity contribution in [1.82, 2.24) is 4.90 Å². The number of carbonyl (C=O) groups excluding carboxylic acids is 2. The molecule has 0 fully saturated rings. The minimum absolute atomic E-state index is 0.0358. The minimum Gasteiger partial charge on any atom is -0.332 e. The molecule has 4 nitrogen and oxygen atoms in total. The summed E-state index contributed by atoms with van der Waals surface area (Å²) in [4.78, 5) is 28.7. The second kappa shape index (κ2) is 9.18. The van der Waals surface area contributed by atoms with Gasteiger partial charge in [-0.1, -0.05) is 38.0 Å². The second-order valence-electron chi connectivity index (χ2n) is 7.15. The number of nitrogens with one attached hydrogen (secondary N) is 1. The average Bonchev–Trinajstić information content (AvgIpc) is 3.00. The van der Waals surface area contributed by atoms with Gasteiger partial charge in [0.05, 0.1) is 11.4 Å². The molecule has 0 saturated carbocycles. The van der Waals surface area contributed by atoms with Gasteiger partial charge in [-0.15, -0.1) is 11.3 Å². The molecule has 2 amide bonds. The molecule has 0 aliphatic rings. The lowest BCUT2D eigenvalue weighted by molar-refractivity contribution is -0.116. The zero-order valence-electron chi connectivity index (χ0n) is 17.2. The van der Waals surface area contributed by atoms with E-state index in [1.54, 1.807) is 18.4 Å². The van der Waals surface area contributed by atoms with Crippen LogP contribution < -0.4 is 5.32 Å². The quantitative estimate of drug-likeness (QED) is 0.736. The highest BCUT2D eigenvalue weighted by Gasteiger charge is 2.19. The van der Waals surface area contributed by atoms with Crippen LogP contribution in [0.15, 0.2) is 18.2 Å². The average molecular weight is 387 g/mol. The predicted molar refractivity (Wildman–Crippen MR) is 114 cm³/mol. The van der Waals surface area contributed by atoms with Crippen molar-refractivity contribution in [2.24, 2.45) is 0 Å². The van der Waals surface area contributed by atoms with E-state index in [4.69, 9.17) is 0 Å². The summed E-state index contributed by atoms with van der Waals surface area (Å²) in [7, 11) is 1.68. The molecule has 1 aromatic heterocycles. The van der Waals surface area contributed by atoms with Gasteiger partial charge in [0.1, 0.15) is 0 Å². The Morgan fingerprint density at radius 1 is 1.07 bits per heavy atom. The Kier molecular flexibility index (Phi) is 7.19. The van der Waals surface area contributed by atoms with Crippen molar-refractivity contribution >= 4 is 28.8 Å². The van der Waals surface area contributed by atoms with E-state index in [9.17, 15) is 9.59 Å². The number of amides is 2. The molecule has 0 atom stereocenters. The van der Waals surface area contributed by atoms with Gasteiger partial charge in [-0.3, -0.25) is 9.59 Å². The van der Waals surface area contributed by atoms with Crippen molar-refractivity contribution in [3.8, 4) is 0 Å². The summed E-state index contributed by atoms with van der Waals surface area (Å²) in [6.45, 7) is 10.3. The molecular formula is C22H30N2O2S. The van der Waals surface area contributed by atoms with Crippen LogP contribution >= 0.6 is 11.3 Å². The normalized spacial score (nSPS) is 10.7. The lowest BCUT2D eigenvalue weighted by Gasteiger charge is -2.18. The Labute approximate surface area is 166 Å². The first-order valence-corrected chi connectivity index (χ1v) is 10.3. The molecule has 1 aromatic carbocycles. The Morgan fingerprint density at radius 2 is 1.70 bits per heavy atom. The van der Waals surface area contributed by atoms with E-state index in [1.807, 2.05) is 39.0 Å². The number of hydrogen-bond donors (Lipinski definition) is 1. The molecule has 5 heteroatoms. The summed E-state index contributed by atoms with van der Waals surface area (Å²) >= 11 is 1.56. The van der Waals surface area contributed by atoms with Crippen LogP contribution in [0.4, 0.5) is 5.69 Å². The lowest BCUT2D eigenvalue weighted by Crippen LogP contribution is -2.34. The molecule has 0 aliphatic heterocycles. The molecule has 2 rings (SSSR count). The first-order chi connectivity index (χ1) is 12.8. The summed E-state index contributed by atoms with van der Waals surface area (Å²) in [6, 6.07) is 6.08. The van der Waals surface area contributed by atoms with Gasteiger partial charge in [-0.2, -0.15) is 0 Å². The third-order valence-corrected chi connectivity index (χ3v) is 5.86. The Morgan fingerprint density at radius 3 is 2.26 bits per heavy atom. The number of nitrogens with zero attached hydrogens (tertiary/aromatic N) is 1. The fourth-order valence-corrected chi connectivity index (χ4v) is 4.69. The zero-order chi connectivity index (χ0) is 20.1. The fourth-order valence-electron chi connectivity index (χ4n) is 3.34. The number of aryl methyl sites for hydroxylation is 5. The molecule has 1 heterocycles. The van der Waals surface area contributed by atoms with Crippen molar-refractivity contribution in [2.45, 2.75) is 53.9 Å². The van der Waals surface area contributed by atoms with E-state index < -0.39 is 0 Å². The predicted octanol–water partition coefficient (Wildman–Crippen LogP) is 4.90. The molecule has 0 radical (unpaired) electrons. The first-order valence-electron chi connectivity index (χ1n) is 9.51. The molecule has 2 aromatic rings. The van der Waals surface area contributed by atoms with Crippen molar-refractivity contribution in [3.63, 3.8) is 0 Å². The fraction of sp³-hybridized carbons (Fsp3) is 0.455. The number of thiophene rings is 1. The smallest absolute Gasteiger partial charge is 0.264 e. The van der Waals surface area contributed by atoms with E-state index in [1.165, 1.54) is 20.9 Å². The maximum absolute atomic E-state index is 12.8. The van der Waals surface area contributed by atoms with Crippen LogP contribution in [0.1, 0.15) is 57.1 Å². The third-order valence-electron chi connectivity index (χ3n) is 4.63. The van der Waals surface area contributed by atoms with Crippen molar-refractivity contribution in [3.05, 3.63) is 50.2 Å². The highest BCUT2D eigenvalue weighted by atomic mass is 32.1. The summed E-state index contributed by atoms with van der Waals surface area (Å²) in [5.74, 6) is -0.272. The summed E-state index contributed by atoms with van der Waals surface area (Å²) < 4.78 is 0. The van der Waals surface area contributed by atoms with Gasteiger partial charge in [-0.05, 0) is 56.4 Å². The van der Waals surface area contributed by atoms with Crippen LogP contribution in [0.5, 0.6) is 0 Å². The van der Waals surface area contributed by atoms with E-state index in [-0.39, 0.29) is 18.4 Å². The number of carbonyl (C=O) groups is 2. The van der Waals surface area contributed by atoms with Gasteiger partial charge in [0, 0.05) is 17.6 Å². The molecule has 0 spiro atoms. The maximum atomic E-state index is 12.8. The molecular weight excluding hydrogens is 356 g/mol. The van der Waals surface area contributed by atoms with Crippen LogP contribution in [-0.2, 0) is 17.6 Å². The molecule has 27 heavy (non-hydrogen) atoms. The standard InChI is InChI=1S/C22H30N2O2S/c1-7-9-18-17(8-2)12-19(27-18)22(26)24(6)13-20(25)23-21-15(4)10-14(3)11-16(21)5/h10-12H,7-9,13H2,1-6H3,(H,23,25). The van der Waals surface area contributed by atoms with Gasteiger partial charge in [-0.25, -0.2) is 0 Å². The highest BCUT2D eigenvalue weighted by molar-refractivity contribution is 7.14. The van der Waals surface area contributed by atoms with E-state index >= 15 is 0 Å². The molecule has 0 unspecified atom stereocenters. The van der Waals surface area contributed by atoms with E-state index in [2.05, 4.69) is 19.2 Å². The summed E-state index contributed by atoms with van der Waals surface area (Å²) in [5.41, 5.74) is 5.31. The van der Waals surface area contributed by atoms with Crippen molar-refractivity contribution in [1.29, 1.82) is 0 Å². The minimum atomic E-state index is -0.179. The third kappa shape index (κ3) is 5.19. The van der Waals surface area contributed by atoms with Crippen LogP contribution in [0.2, 0.25) is 0 Å². The first kappa shape index (κ1) is 21.2. The van der Waals surface area contributed by atoms with Crippen LogP contribution in [0.25, 0.3) is 0 Å². The number of benzene rings is 1. The summed E-state index contributed by atoms with van der Waals surface area (Å²) in [6.07, 6.45) is 2.99. The summed E-state index contributed by atoms with van der Waals surface area (Å²) in [5, 5.41) is 2.96. The number of hydrogen-bond acceptors (Lipinski definition) is 3. The Balaban J connectivity index is 2.07. The highest BCUT2D eigenvalue weighted by Crippen LogP contribution is 2.26. The Bertz CT molecular complexity index is 816. The van der Waals surface area contributed by atoms with E-state index in [0.717, 1.165) is 36.1 Å². The number of likely N-dealkylation sites (N-methyl/N-ethyl adjacent to an activating group) is 1. The van der Waals surface area contributed by atoms with Gasteiger partial charge < -0.3 is 10.2 Å². The molecule has 1 N–H and O–H groups in total. The van der Waals surface area contributed by atoms with Gasteiger partial charge in [0.25, 0.3) is 5.91 Å². The monoisotopic (exact) mass is 386 g/mol. The molecule has 146 valence electrons. The second-order valence-corrected chi connectivity index (χ2v) is 8.28. The number of anilines is 1. The van der Waals surface area contributed by atoms with Gasteiger partial charge in [0.15, 0.2) is 0 Å². The molecule has 0 aliphatic carbocycles. The van der Waals surface area contributed by atoms with Gasteiger partial charge in [0.2, 0.25) is 5.91 Å². The molecule has 0 bridgehead atoms. The van der Waals surface area contributed by atoms with Gasteiger partial charge >= 0.3 is 0 Å².